The van der Waals surface area contributed by atoms with Gasteiger partial charge in [-0.3, -0.25) is 4.79 Å². The van der Waals surface area contributed by atoms with Gasteiger partial charge >= 0.3 is 11.7 Å². The summed E-state index contributed by atoms with van der Waals surface area (Å²) in [5.74, 6) is -1.68. The first-order valence-corrected chi connectivity index (χ1v) is 8.22. The first-order valence-electron chi connectivity index (χ1n) is 7.03. The topological polar surface area (TPSA) is 91.8 Å². The van der Waals surface area contributed by atoms with Crippen molar-refractivity contribution < 1.29 is 19.1 Å². The maximum atomic E-state index is 12.5. The van der Waals surface area contributed by atoms with Gasteiger partial charge in [0.05, 0.1) is 12.3 Å². The Kier molecular flexibility index (Phi) is 5.87. The van der Waals surface area contributed by atoms with Gasteiger partial charge in [0.15, 0.2) is 0 Å². The molecule has 0 aliphatic rings. The molecule has 0 spiro atoms. The van der Waals surface area contributed by atoms with E-state index in [0.717, 1.165) is 21.8 Å². The van der Waals surface area contributed by atoms with Crippen LogP contribution < -0.4 is 5.32 Å². The van der Waals surface area contributed by atoms with E-state index in [0.29, 0.717) is 10.7 Å². The van der Waals surface area contributed by atoms with E-state index in [4.69, 9.17) is 21.9 Å². The number of hydrogen-bond donors (Lipinski definition) is 1. The summed E-state index contributed by atoms with van der Waals surface area (Å²) in [7, 11) is 1.65. The van der Waals surface area contributed by atoms with Crippen molar-refractivity contribution in [3.05, 3.63) is 45.8 Å². The van der Waals surface area contributed by atoms with E-state index in [1.165, 1.54) is 0 Å². The number of anilines is 1. The van der Waals surface area contributed by atoms with Crippen LogP contribution >= 0.6 is 22.9 Å². The van der Waals surface area contributed by atoms with Gasteiger partial charge in [0.2, 0.25) is 0 Å². The van der Waals surface area contributed by atoms with E-state index in [2.05, 4.69) is 10.1 Å². The van der Waals surface area contributed by atoms with E-state index >= 15 is 0 Å². The second kappa shape index (κ2) is 7.88. The molecule has 0 amide bonds. The van der Waals surface area contributed by atoms with Gasteiger partial charge in [-0.1, -0.05) is 23.7 Å². The predicted octanol–water partition coefficient (Wildman–Crippen LogP) is 3.53. The Bertz CT molecular complexity index is 841. The minimum absolute atomic E-state index is 0.0716. The molecular weight excluding hydrogens is 350 g/mol. The Labute approximate surface area is 147 Å². The summed E-state index contributed by atoms with van der Waals surface area (Å²) in [6.45, 7) is 1.67. The highest BCUT2D eigenvalue weighted by Gasteiger charge is 2.35. The molecule has 0 bridgehead atoms. The van der Waals surface area contributed by atoms with Crippen LogP contribution in [0.5, 0.6) is 0 Å². The van der Waals surface area contributed by atoms with Crippen LogP contribution in [0.4, 0.5) is 5.69 Å². The van der Waals surface area contributed by atoms with E-state index < -0.39 is 17.5 Å². The quantitative estimate of drug-likeness (QED) is 0.212. The first-order chi connectivity index (χ1) is 11.5. The second-order valence-corrected chi connectivity index (χ2v) is 6.10. The molecule has 2 aromatic rings. The summed E-state index contributed by atoms with van der Waals surface area (Å²) >= 11 is 7.16. The third-order valence-corrected chi connectivity index (χ3v) is 4.52. The van der Waals surface area contributed by atoms with Crippen LogP contribution in [0.15, 0.2) is 30.3 Å². The molecule has 124 valence electrons. The Morgan fingerprint density at radius 2 is 2.12 bits per heavy atom. The molecule has 1 aromatic heterocycles. The molecule has 0 aliphatic heterocycles. The number of carbonyl (C=O) groups is 2. The fraction of sp³-hybridized carbons (Fsp3) is 0.188. The molecule has 0 saturated carbocycles. The number of halogens is 1. The van der Waals surface area contributed by atoms with E-state index in [9.17, 15) is 9.59 Å². The Hall–Kier alpha value is -2.47. The monoisotopic (exact) mass is 363 g/mol. The van der Waals surface area contributed by atoms with Crippen molar-refractivity contribution in [2.45, 2.75) is 6.92 Å². The molecule has 0 radical (unpaired) electrons. The molecule has 24 heavy (non-hydrogen) atoms. The van der Waals surface area contributed by atoms with E-state index in [1.54, 1.807) is 38.2 Å². The van der Waals surface area contributed by atoms with Crippen LogP contribution in [0, 0.1) is 0 Å². The van der Waals surface area contributed by atoms with Gasteiger partial charge in [-0.25, -0.2) is 4.79 Å². The summed E-state index contributed by atoms with van der Waals surface area (Å²) in [4.78, 5) is 28.1. The molecule has 8 heteroatoms. The lowest BCUT2D eigenvalue weighted by molar-refractivity contribution is -0.139. The van der Waals surface area contributed by atoms with Gasteiger partial charge in [0.25, 0.3) is 5.78 Å². The summed E-state index contributed by atoms with van der Waals surface area (Å²) in [5.41, 5.74) is 9.71. The molecule has 0 atom stereocenters. The third kappa shape index (κ3) is 3.71. The highest BCUT2D eigenvalue weighted by atomic mass is 35.5. The fourth-order valence-electron chi connectivity index (χ4n) is 2.02. The van der Waals surface area contributed by atoms with Crippen LogP contribution in [0.25, 0.3) is 16.0 Å². The summed E-state index contributed by atoms with van der Waals surface area (Å²) < 4.78 is 4.73. The number of carbonyl (C=O) groups excluding carboxylic acids is 2. The van der Waals surface area contributed by atoms with Gasteiger partial charge in [0, 0.05) is 16.9 Å². The molecule has 6 nitrogen and oxygen atoms in total. The van der Waals surface area contributed by atoms with Crippen molar-refractivity contribution in [2.75, 3.05) is 19.0 Å². The molecule has 2 rings (SSSR count). The van der Waals surface area contributed by atoms with Crippen LogP contribution in [-0.2, 0) is 9.53 Å². The van der Waals surface area contributed by atoms with Gasteiger partial charge in [0.1, 0.15) is 4.88 Å². The number of hydrogen-bond acceptors (Lipinski definition) is 5. The normalized spacial score (nSPS) is 9.96. The van der Waals surface area contributed by atoms with Gasteiger partial charge in [-0.15, -0.1) is 11.3 Å². The molecule has 0 saturated heterocycles. The summed E-state index contributed by atoms with van der Waals surface area (Å²) in [6.07, 6.45) is 0. The summed E-state index contributed by atoms with van der Waals surface area (Å²) in [5, 5.41) is 3.47. The van der Waals surface area contributed by atoms with Crippen LogP contribution in [0.2, 0.25) is 5.02 Å². The number of ether oxygens (including phenoxy) is 1. The zero-order valence-corrected chi connectivity index (χ0v) is 14.6. The lowest BCUT2D eigenvalue weighted by Crippen LogP contribution is -2.27. The van der Waals surface area contributed by atoms with Crippen molar-refractivity contribution in [3.8, 4) is 10.4 Å². The molecule has 1 heterocycles. The molecular formula is C16H14ClN3O3S. The van der Waals surface area contributed by atoms with Gasteiger partial charge in [-0.05, 0) is 30.7 Å². The molecule has 0 unspecified atom stereocenters. The lowest BCUT2D eigenvalue weighted by Gasteiger charge is -1.99. The lowest BCUT2D eigenvalue weighted by atomic mass is 10.1. The van der Waals surface area contributed by atoms with Crippen molar-refractivity contribution in [3.63, 3.8) is 0 Å². The Morgan fingerprint density at radius 1 is 1.38 bits per heavy atom. The van der Waals surface area contributed by atoms with Gasteiger partial charge < -0.3 is 15.6 Å². The number of benzene rings is 1. The zero-order chi connectivity index (χ0) is 17.7. The van der Waals surface area contributed by atoms with Crippen molar-refractivity contribution in [1.82, 2.24) is 0 Å². The largest absolute Gasteiger partial charge is 0.457 e. The number of ketones is 1. The maximum Gasteiger partial charge on any atom is 0.447 e. The average molecular weight is 364 g/mol. The van der Waals surface area contributed by atoms with E-state index in [-0.39, 0.29) is 11.5 Å². The third-order valence-electron chi connectivity index (χ3n) is 3.10. The minimum atomic E-state index is -0.968. The first kappa shape index (κ1) is 17.9. The highest BCUT2D eigenvalue weighted by Crippen LogP contribution is 2.36. The van der Waals surface area contributed by atoms with Crippen molar-refractivity contribution in [1.29, 1.82) is 0 Å². The average Bonchev–Trinajstić information content (AvgIpc) is 3.00. The zero-order valence-electron chi connectivity index (χ0n) is 13.0. The predicted molar refractivity (Wildman–Crippen MR) is 93.9 cm³/mol. The molecule has 1 N–H and O–H groups in total. The van der Waals surface area contributed by atoms with Crippen LogP contribution in [-0.4, -0.2) is 35.9 Å². The van der Waals surface area contributed by atoms with Crippen molar-refractivity contribution in [2.24, 2.45) is 0 Å². The highest BCUT2D eigenvalue weighted by molar-refractivity contribution is 7.19. The molecule has 1 aromatic carbocycles. The van der Waals surface area contributed by atoms with Crippen molar-refractivity contribution >= 4 is 46.1 Å². The van der Waals surface area contributed by atoms with E-state index in [1.807, 2.05) is 6.07 Å². The maximum absolute atomic E-state index is 12.5. The number of thiophene rings is 1. The number of Topliss-reactive ketones (excluding diaryl/α,β-unsaturated/α-hetero) is 1. The second-order valence-electron chi connectivity index (χ2n) is 4.61. The van der Waals surface area contributed by atoms with Crippen LogP contribution in [0.1, 0.15) is 16.6 Å². The number of esters is 1. The summed E-state index contributed by atoms with van der Waals surface area (Å²) in [6, 6.07) is 8.95. The standard InChI is InChI=1S/C16H14ClN3O3S/c1-3-23-16(22)13(20-18)14(21)15-11(19-2)8-12(24-15)9-5-4-6-10(17)7-9/h4-8,19H,3H2,1-2H3. The number of nitrogens with zero attached hydrogens (tertiary/aromatic N) is 2. The minimum Gasteiger partial charge on any atom is -0.457 e. The number of rotatable bonds is 6. The fourth-order valence-corrected chi connectivity index (χ4v) is 3.31. The van der Waals surface area contributed by atoms with Gasteiger partial charge in [-0.2, -0.15) is 4.79 Å². The Balaban J connectivity index is 2.45. The smallest absolute Gasteiger partial charge is 0.447 e. The van der Waals surface area contributed by atoms with Crippen LogP contribution in [0.3, 0.4) is 0 Å². The SMILES string of the molecule is CCOC(=O)C(=[N+]=[N-])C(=O)c1sc(-c2cccc(Cl)c2)cc1NC. The molecule has 0 aliphatic carbocycles. The number of nitrogens with one attached hydrogen (secondary N) is 1. The molecule has 0 fully saturated rings. The Morgan fingerprint density at radius 3 is 2.71 bits per heavy atom.